The van der Waals surface area contributed by atoms with Gasteiger partial charge in [0.05, 0.1) is 11.6 Å². The number of piperidine rings is 1. The number of nitriles is 1. The number of nitrogens with one attached hydrogen (secondary N) is 1. The first-order valence-corrected chi connectivity index (χ1v) is 14.3. The number of hydrogen-bond donors (Lipinski definition) is 1. The van der Waals surface area contributed by atoms with Gasteiger partial charge in [-0.2, -0.15) is 10.2 Å². The zero-order valence-corrected chi connectivity index (χ0v) is 22.7. The smallest absolute Gasteiger partial charge is 0.223 e. The normalized spacial score (nSPS) is 24.2. The topological polar surface area (TPSA) is 94.1 Å². The van der Waals surface area contributed by atoms with E-state index in [2.05, 4.69) is 73.8 Å². The van der Waals surface area contributed by atoms with Gasteiger partial charge in [0, 0.05) is 61.6 Å². The molecule has 2 saturated heterocycles. The number of pyridine rings is 1. The van der Waals surface area contributed by atoms with Crippen LogP contribution in [0.25, 0.3) is 22.5 Å². The summed E-state index contributed by atoms with van der Waals surface area (Å²) in [6.45, 7) is 3.75. The van der Waals surface area contributed by atoms with Gasteiger partial charge >= 0.3 is 0 Å². The summed E-state index contributed by atoms with van der Waals surface area (Å²) in [4.78, 5) is 14.4. The highest BCUT2D eigenvalue weighted by molar-refractivity contribution is 5.68. The van der Waals surface area contributed by atoms with Crippen LogP contribution in [0.2, 0.25) is 0 Å². The van der Waals surface area contributed by atoms with Crippen LogP contribution in [0, 0.1) is 18.3 Å². The zero-order valence-electron chi connectivity index (χ0n) is 22.7. The standard InChI is InChI=1S/C32H33N7O/c1-21-35-32(37-40-21)23-9-11-26(12-10-23)38-16-14-30-28(20-38)36-27-7-2-3-8-29(27)39(30)31-18-25(13-15-34-31)24-6-4-5-22(17-24)19-33/h4-6,9-13,15,17-18,27-30,36H,2-3,7-8,14,16,20H2,1H3. The molecule has 40 heavy (non-hydrogen) atoms. The van der Waals surface area contributed by atoms with Crippen molar-refractivity contribution in [1.29, 1.82) is 5.26 Å². The van der Waals surface area contributed by atoms with Crippen LogP contribution in [0.15, 0.2) is 71.4 Å². The van der Waals surface area contributed by atoms with E-state index in [1.807, 2.05) is 31.3 Å². The number of rotatable bonds is 4. The van der Waals surface area contributed by atoms with Crippen molar-refractivity contribution < 1.29 is 4.52 Å². The zero-order chi connectivity index (χ0) is 27.1. The lowest BCUT2D eigenvalue weighted by Gasteiger charge is -2.56. The lowest BCUT2D eigenvalue weighted by atomic mass is 9.81. The molecule has 2 aliphatic heterocycles. The molecule has 0 spiro atoms. The first kappa shape index (κ1) is 24.8. The molecular weight excluding hydrogens is 498 g/mol. The Morgan fingerprint density at radius 3 is 2.58 bits per heavy atom. The summed E-state index contributed by atoms with van der Waals surface area (Å²) in [5, 5.41) is 17.5. The Bertz CT molecular complexity index is 1540. The number of nitrogens with zero attached hydrogens (tertiary/aromatic N) is 6. The van der Waals surface area contributed by atoms with Gasteiger partial charge in [-0.3, -0.25) is 0 Å². The van der Waals surface area contributed by atoms with Crippen molar-refractivity contribution >= 4 is 11.5 Å². The van der Waals surface area contributed by atoms with E-state index in [9.17, 15) is 5.26 Å². The van der Waals surface area contributed by atoms with Crippen molar-refractivity contribution in [2.75, 3.05) is 22.9 Å². The van der Waals surface area contributed by atoms with E-state index in [1.54, 1.807) is 0 Å². The Morgan fingerprint density at radius 2 is 1.75 bits per heavy atom. The molecule has 4 atom stereocenters. The molecule has 7 rings (SSSR count). The van der Waals surface area contributed by atoms with Gasteiger partial charge in [-0.25, -0.2) is 4.98 Å². The van der Waals surface area contributed by atoms with Gasteiger partial charge < -0.3 is 19.6 Å². The summed E-state index contributed by atoms with van der Waals surface area (Å²) in [5.41, 5.74) is 5.04. The van der Waals surface area contributed by atoms with Crippen LogP contribution >= 0.6 is 0 Å². The van der Waals surface area contributed by atoms with Crippen LogP contribution in [-0.4, -0.2) is 52.4 Å². The maximum atomic E-state index is 9.41. The molecule has 1 saturated carbocycles. The molecule has 202 valence electrons. The quantitative estimate of drug-likeness (QED) is 0.377. The third kappa shape index (κ3) is 4.61. The van der Waals surface area contributed by atoms with E-state index in [-0.39, 0.29) is 0 Å². The molecular formula is C32H33N7O. The minimum absolute atomic E-state index is 0.347. The lowest BCUT2D eigenvalue weighted by Crippen LogP contribution is -2.72. The number of benzene rings is 2. The van der Waals surface area contributed by atoms with Crippen molar-refractivity contribution in [3.05, 3.63) is 78.3 Å². The van der Waals surface area contributed by atoms with Crippen LogP contribution in [0.1, 0.15) is 43.6 Å². The summed E-state index contributed by atoms with van der Waals surface area (Å²) < 4.78 is 5.15. The average Bonchev–Trinajstić information content (AvgIpc) is 3.46. The second-order valence-corrected chi connectivity index (χ2v) is 11.2. The van der Waals surface area contributed by atoms with Crippen LogP contribution in [0.5, 0.6) is 0 Å². The summed E-state index contributed by atoms with van der Waals surface area (Å²) in [5.74, 6) is 2.26. The largest absolute Gasteiger partial charge is 0.370 e. The van der Waals surface area contributed by atoms with Gasteiger partial charge in [0.2, 0.25) is 11.7 Å². The van der Waals surface area contributed by atoms with Gasteiger partial charge in [-0.15, -0.1) is 0 Å². The van der Waals surface area contributed by atoms with Crippen LogP contribution < -0.4 is 15.1 Å². The predicted molar refractivity (Wildman–Crippen MR) is 155 cm³/mol. The minimum atomic E-state index is 0.347. The van der Waals surface area contributed by atoms with Crippen molar-refractivity contribution in [3.8, 4) is 28.6 Å². The molecule has 0 amide bonds. The highest BCUT2D eigenvalue weighted by Gasteiger charge is 2.46. The first-order valence-electron chi connectivity index (χ1n) is 14.3. The molecule has 4 heterocycles. The molecule has 3 fully saturated rings. The van der Waals surface area contributed by atoms with Gasteiger partial charge in [-0.05, 0) is 78.9 Å². The fraction of sp³-hybridized carbons (Fsp3) is 0.375. The summed E-state index contributed by atoms with van der Waals surface area (Å²) in [7, 11) is 0. The molecule has 8 heteroatoms. The number of anilines is 2. The van der Waals surface area contributed by atoms with Crippen LogP contribution in [0.3, 0.4) is 0 Å². The number of aromatic nitrogens is 3. The summed E-state index contributed by atoms with van der Waals surface area (Å²) >= 11 is 0. The highest BCUT2D eigenvalue weighted by atomic mass is 16.5. The highest BCUT2D eigenvalue weighted by Crippen LogP contribution is 2.38. The molecule has 0 radical (unpaired) electrons. The lowest BCUT2D eigenvalue weighted by molar-refractivity contribution is 0.188. The van der Waals surface area contributed by atoms with E-state index >= 15 is 0 Å². The van der Waals surface area contributed by atoms with E-state index in [4.69, 9.17) is 9.51 Å². The number of hydrogen-bond acceptors (Lipinski definition) is 8. The van der Waals surface area contributed by atoms with Crippen molar-refractivity contribution in [2.45, 2.75) is 63.2 Å². The fourth-order valence-corrected chi connectivity index (χ4v) is 6.92. The summed E-state index contributed by atoms with van der Waals surface area (Å²) in [6, 6.07) is 24.6. The fourth-order valence-electron chi connectivity index (χ4n) is 6.92. The molecule has 8 nitrogen and oxygen atoms in total. The molecule has 2 aromatic heterocycles. The third-order valence-electron chi connectivity index (χ3n) is 8.80. The van der Waals surface area contributed by atoms with Gasteiger partial charge in [0.25, 0.3) is 0 Å². The van der Waals surface area contributed by atoms with Crippen LogP contribution in [0.4, 0.5) is 11.5 Å². The molecule has 2 aromatic carbocycles. The van der Waals surface area contributed by atoms with Crippen molar-refractivity contribution in [1.82, 2.24) is 20.4 Å². The van der Waals surface area contributed by atoms with Crippen molar-refractivity contribution in [3.63, 3.8) is 0 Å². The Kier molecular flexibility index (Phi) is 6.45. The van der Waals surface area contributed by atoms with E-state index in [1.165, 1.54) is 31.4 Å². The SMILES string of the molecule is Cc1nc(-c2ccc(N3CCC4C(C3)NC3CCCCC3N4c3cc(-c4cccc(C#N)c4)ccn3)cc2)no1. The third-order valence-corrected chi connectivity index (χ3v) is 8.80. The minimum Gasteiger partial charge on any atom is -0.370 e. The predicted octanol–water partition coefficient (Wildman–Crippen LogP) is 5.35. The number of piperazine rings is 1. The Morgan fingerprint density at radius 1 is 0.925 bits per heavy atom. The second kappa shape index (κ2) is 10.4. The average molecular weight is 532 g/mol. The molecule has 4 aromatic rings. The summed E-state index contributed by atoms with van der Waals surface area (Å²) in [6.07, 6.45) is 7.92. The van der Waals surface area contributed by atoms with Crippen LogP contribution in [-0.2, 0) is 0 Å². The molecule has 1 aliphatic carbocycles. The van der Waals surface area contributed by atoms with Crippen molar-refractivity contribution in [2.24, 2.45) is 0 Å². The van der Waals surface area contributed by atoms with Gasteiger partial charge in [0.1, 0.15) is 5.82 Å². The van der Waals surface area contributed by atoms with Gasteiger partial charge in [-0.1, -0.05) is 30.1 Å². The number of fused-ring (bicyclic) bond motifs is 2. The second-order valence-electron chi connectivity index (χ2n) is 11.2. The molecule has 0 bridgehead atoms. The maximum Gasteiger partial charge on any atom is 0.223 e. The monoisotopic (exact) mass is 531 g/mol. The maximum absolute atomic E-state index is 9.41. The first-order chi connectivity index (χ1) is 19.7. The Labute approximate surface area is 234 Å². The number of aryl methyl sites for hydroxylation is 1. The Balaban J connectivity index is 1.16. The Hall–Kier alpha value is -4.22. The van der Waals surface area contributed by atoms with E-state index < -0.39 is 0 Å². The molecule has 3 aliphatic rings. The van der Waals surface area contributed by atoms with E-state index in [0.29, 0.717) is 41.4 Å². The van der Waals surface area contributed by atoms with Gasteiger partial charge in [0.15, 0.2) is 0 Å². The molecule has 4 unspecified atom stereocenters. The van der Waals surface area contributed by atoms with E-state index in [0.717, 1.165) is 42.0 Å². The molecule has 1 N–H and O–H groups in total.